The van der Waals surface area contributed by atoms with Crippen molar-refractivity contribution >= 4 is 15.9 Å². The predicted octanol–water partition coefficient (Wildman–Crippen LogP) is 2.20. The van der Waals surface area contributed by atoms with Gasteiger partial charge in [-0.05, 0) is 40.7 Å². The molecule has 0 saturated carbocycles. The number of ether oxygens (including phenoxy) is 3. The Morgan fingerprint density at radius 2 is 1.91 bits per heavy atom. The second-order valence-corrected chi connectivity index (χ2v) is 6.36. The zero-order valence-electron chi connectivity index (χ0n) is 13.4. The molecule has 6 heteroatoms. The third-order valence-corrected chi connectivity index (χ3v) is 4.35. The van der Waals surface area contributed by atoms with Crippen LogP contribution in [0.4, 0.5) is 0 Å². The minimum atomic E-state index is 0.236. The largest absolute Gasteiger partial charge is 0.466 e. The van der Waals surface area contributed by atoms with Crippen molar-refractivity contribution in [2.24, 2.45) is 0 Å². The number of benzene rings is 1. The first kappa shape index (κ1) is 17.7. The molecule has 0 radical (unpaired) electrons. The summed E-state index contributed by atoms with van der Waals surface area (Å²) >= 11 is 3.57. The van der Waals surface area contributed by atoms with E-state index in [9.17, 15) is 0 Å². The first-order chi connectivity index (χ1) is 10.7. The Bertz CT molecular complexity index is 451. The van der Waals surface area contributed by atoms with Crippen LogP contribution in [0, 0.1) is 0 Å². The fourth-order valence-corrected chi connectivity index (χ4v) is 2.87. The van der Waals surface area contributed by atoms with Crippen molar-refractivity contribution in [2.45, 2.75) is 6.54 Å². The van der Waals surface area contributed by atoms with Crippen LogP contribution in [0.15, 0.2) is 22.7 Å². The van der Waals surface area contributed by atoms with E-state index in [4.69, 9.17) is 14.2 Å². The second kappa shape index (κ2) is 9.47. The van der Waals surface area contributed by atoms with Crippen molar-refractivity contribution < 1.29 is 14.2 Å². The van der Waals surface area contributed by atoms with Crippen molar-refractivity contribution in [3.05, 3.63) is 28.2 Å². The van der Waals surface area contributed by atoms with Crippen molar-refractivity contribution in [3.8, 4) is 5.75 Å². The van der Waals surface area contributed by atoms with Gasteiger partial charge in [0.1, 0.15) is 5.75 Å². The number of hydrogen-bond acceptors (Lipinski definition) is 5. The highest BCUT2D eigenvalue weighted by molar-refractivity contribution is 9.10. The van der Waals surface area contributed by atoms with Gasteiger partial charge in [0.2, 0.25) is 0 Å². The Balaban J connectivity index is 1.79. The topological polar surface area (TPSA) is 34.2 Å². The summed E-state index contributed by atoms with van der Waals surface area (Å²) in [7, 11) is 3.83. The van der Waals surface area contributed by atoms with Crippen LogP contribution in [0.3, 0.4) is 0 Å². The SMILES string of the molecule is COCCOCOc1ccc(CN2CCN(C)CC2)cc1Br. The quantitative estimate of drug-likeness (QED) is 0.516. The maximum Gasteiger partial charge on any atom is 0.189 e. The average molecular weight is 373 g/mol. The number of halogens is 1. The van der Waals surface area contributed by atoms with Crippen molar-refractivity contribution in [2.75, 3.05) is 60.3 Å². The van der Waals surface area contributed by atoms with Crippen LogP contribution in [0.25, 0.3) is 0 Å². The molecule has 0 N–H and O–H groups in total. The number of rotatable bonds is 8. The van der Waals surface area contributed by atoms with Crippen molar-refractivity contribution in [3.63, 3.8) is 0 Å². The monoisotopic (exact) mass is 372 g/mol. The lowest BCUT2D eigenvalue weighted by Gasteiger charge is -2.32. The number of methoxy groups -OCH3 is 1. The van der Waals surface area contributed by atoms with Crippen molar-refractivity contribution in [1.82, 2.24) is 9.80 Å². The predicted molar refractivity (Wildman–Crippen MR) is 90.2 cm³/mol. The van der Waals surface area contributed by atoms with Crippen LogP contribution in [-0.2, 0) is 16.0 Å². The highest BCUT2D eigenvalue weighted by Crippen LogP contribution is 2.26. The van der Waals surface area contributed by atoms with E-state index < -0.39 is 0 Å². The van der Waals surface area contributed by atoms with Gasteiger partial charge in [0.25, 0.3) is 0 Å². The third-order valence-electron chi connectivity index (χ3n) is 3.73. The normalized spacial score (nSPS) is 16.9. The van der Waals surface area contributed by atoms with Crippen LogP contribution < -0.4 is 4.74 Å². The van der Waals surface area contributed by atoms with Gasteiger partial charge in [-0.15, -0.1) is 0 Å². The first-order valence-corrected chi connectivity index (χ1v) is 8.37. The molecule has 0 aliphatic carbocycles. The van der Waals surface area contributed by atoms with Gasteiger partial charge >= 0.3 is 0 Å². The maximum atomic E-state index is 5.60. The fourth-order valence-electron chi connectivity index (χ4n) is 2.33. The van der Waals surface area contributed by atoms with Gasteiger partial charge in [0, 0.05) is 39.8 Å². The Labute approximate surface area is 141 Å². The molecule has 1 aliphatic rings. The minimum Gasteiger partial charge on any atom is -0.466 e. The smallest absolute Gasteiger partial charge is 0.189 e. The van der Waals surface area contributed by atoms with Gasteiger partial charge in [0.05, 0.1) is 17.7 Å². The van der Waals surface area contributed by atoms with Crippen LogP contribution in [0.1, 0.15) is 5.56 Å². The van der Waals surface area contributed by atoms with Gasteiger partial charge in [-0.25, -0.2) is 0 Å². The molecule has 1 aromatic carbocycles. The molecule has 1 fully saturated rings. The molecule has 0 aromatic heterocycles. The highest BCUT2D eigenvalue weighted by atomic mass is 79.9. The van der Waals surface area contributed by atoms with Crippen LogP contribution in [0.5, 0.6) is 5.75 Å². The standard InChI is InChI=1S/C16H25BrN2O3/c1-18-5-7-19(8-6-18)12-14-3-4-16(15(17)11-14)22-13-21-10-9-20-2/h3-4,11H,5-10,12-13H2,1-2H3. The number of likely N-dealkylation sites (N-methyl/N-ethyl adjacent to an activating group) is 1. The van der Waals surface area contributed by atoms with Gasteiger partial charge in [0.15, 0.2) is 6.79 Å². The molecule has 0 atom stereocenters. The summed E-state index contributed by atoms with van der Waals surface area (Å²) in [5.41, 5.74) is 1.30. The molecule has 124 valence electrons. The fraction of sp³-hybridized carbons (Fsp3) is 0.625. The van der Waals surface area contributed by atoms with E-state index in [-0.39, 0.29) is 6.79 Å². The summed E-state index contributed by atoms with van der Waals surface area (Å²) in [4.78, 5) is 4.85. The zero-order chi connectivity index (χ0) is 15.8. The lowest BCUT2D eigenvalue weighted by atomic mass is 10.2. The van der Waals surface area contributed by atoms with Crippen LogP contribution in [0.2, 0.25) is 0 Å². The molecule has 1 saturated heterocycles. The first-order valence-electron chi connectivity index (χ1n) is 7.58. The summed E-state index contributed by atoms with van der Waals surface area (Å²) in [5.74, 6) is 0.805. The van der Waals surface area contributed by atoms with E-state index in [0.717, 1.165) is 42.9 Å². The lowest BCUT2D eigenvalue weighted by Crippen LogP contribution is -2.43. The van der Waals surface area contributed by atoms with Crippen LogP contribution >= 0.6 is 15.9 Å². The van der Waals surface area contributed by atoms with E-state index in [1.807, 2.05) is 6.07 Å². The number of nitrogens with zero attached hydrogens (tertiary/aromatic N) is 2. The summed E-state index contributed by atoms with van der Waals surface area (Å²) < 4.78 is 16.8. The molecule has 0 unspecified atom stereocenters. The van der Waals surface area contributed by atoms with Gasteiger partial charge in [-0.3, -0.25) is 4.90 Å². The third kappa shape index (κ3) is 5.85. The molecule has 5 nitrogen and oxygen atoms in total. The van der Waals surface area contributed by atoms with E-state index >= 15 is 0 Å². The van der Waals surface area contributed by atoms with E-state index in [1.54, 1.807) is 7.11 Å². The Kier molecular flexibility index (Phi) is 7.62. The lowest BCUT2D eigenvalue weighted by molar-refractivity contribution is -0.00881. The van der Waals surface area contributed by atoms with Crippen LogP contribution in [-0.4, -0.2) is 70.1 Å². The molecule has 0 bridgehead atoms. The summed E-state index contributed by atoms with van der Waals surface area (Å²) in [6.45, 7) is 6.86. The molecule has 2 rings (SSSR count). The molecule has 0 amide bonds. The molecule has 1 aromatic rings. The Hall–Kier alpha value is -0.660. The number of piperazine rings is 1. The van der Waals surface area contributed by atoms with Gasteiger partial charge < -0.3 is 19.1 Å². The molecular weight excluding hydrogens is 348 g/mol. The Morgan fingerprint density at radius 1 is 1.14 bits per heavy atom. The molecule has 0 spiro atoms. The van der Waals surface area contributed by atoms with Gasteiger partial charge in [-0.2, -0.15) is 0 Å². The van der Waals surface area contributed by atoms with E-state index in [0.29, 0.717) is 13.2 Å². The van der Waals surface area contributed by atoms with Crippen molar-refractivity contribution in [1.29, 1.82) is 0 Å². The minimum absolute atomic E-state index is 0.236. The Morgan fingerprint density at radius 3 is 2.59 bits per heavy atom. The average Bonchev–Trinajstić information content (AvgIpc) is 2.51. The maximum absolute atomic E-state index is 5.60. The summed E-state index contributed by atoms with van der Waals surface area (Å²) in [5, 5.41) is 0. The van der Waals surface area contributed by atoms with Gasteiger partial charge in [-0.1, -0.05) is 6.07 Å². The van der Waals surface area contributed by atoms with E-state index in [1.165, 1.54) is 5.56 Å². The summed E-state index contributed by atoms with van der Waals surface area (Å²) in [6, 6.07) is 6.24. The molecule has 1 heterocycles. The molecular formula is C16H25BrN2O3. The summed E-state index contributed by atoms with van der Waals surface area (Å²) in [6.07, 6.45) is 0. The molecule has 1 aliphatic heterocycles. The molecule has 22 heavy (non-hydrogen) atoms. The van der Waals surface area contributed by atoms with E-state index in [2.05, 4.69) is 44.9 Å². The zero-order valence-corrected chi connectivity index (χ0v) is 15.0. The number of hydrogen-bond donors (Lipinski definition) is 0. The highest BCUT2D eigenvalue weighted by Gasteiger charge is 2.14. The second-order valence-electron chi connectivity index (χ2n) is 5.51.